The largest absolute Gasteiger partial charge is 0.496 e. The van der Waals surface area contributed by atoms with Crippen LogP contribution in [0, 0.1) is 6.92 Å². The van der Waals surface area contributed by atoms with E-state index in [1.807, 2.05) is 55.5 Å². The van der Waals surface area contributed by atoms with Crippen LogP contribution >= 0.6 is 0 Å². The molecule has 0 unspecified atom stereocenters. The number of hydrogen-bond donors (Lipinski definition) is 1. The summed E-state index contributed by atoms with van der Waals surface area (Å²) in [7, 11) is 1.61. The van der Waals surface area contributed by atoms with Gasteiger partial charge in [0.1, 0.15) is 18.1 Å². The van der Waals surface area contributed by atoms with Crippen LogP contribution in [0.5, 0.6) is 11.5 Å². The fourth-order valence-corrected chi connectivity index (χ4v) is 2.01. The van der Waals surface area contributed by atoms with E-state index in [0.29, 0.717) is 13.2 Å². The van der Waals surface area contributed by atoms with Gasteiger partial charge in [0.2, 0.25) is 5.91 Å². The van der Waals surface area contributed by atoms with Gasteiger partial charge in [0.15, 0.2) is 0 Å². The average Bonchev–Trinajstić information content (AvgIpc) is 2.58. The monoisotopic (exact) mass is 311 g/mol. The molecule has 0 saturated carbocycles. The number of hydrogen-bond acceptors (Lipinski definition) is 3. The van der Waals surface area contributed by atoms with Crippen molar-refractivity contribution >= 4 is 12.0 Å². The smallest absolute Gasteiger partial charge is 0.244 e. The Balaban J connectivity index is 1.74. The van der Waals surface area contributed by atoms with Gasteiger partial charge < -0.3 is 14.8 Å². The molecule has 120 valence electrons. The summed E-state index contributed by atoms with van der Waals surface area (Å²) in [6.07, 6.45) is 3.22. The molecule has 2 aromatic carbocycles. The molecule has 0 atom stereocenters. The molecule has 0 bridgehead atoms. The number of benzene rings is 2. The van der Waals surface area contributed by atoms with Gasteiger partial charge in [-0.05, 0) is 31.2 Å². The molecule has 0 heterocycles. The van der Waals surface area contributed by atoms with E-state index in [9.17, 15) is 4.79 Å². The Hall–Kier alpha value is -2.75. The Bertz CT molecular complexity index is 663. The van der Waals surface area contributed by atoms with Gasteiger partial charge in [-0.2, -0.15) is 0 Å². The highest BCUT2D eigenvalue weighted by Gasteiger charge is 1.99. The Morgan fingerprint density at radius 3 is 2.61 bits per heavy atom. The summed E-state index contributed by atoms with van der Waals surface area (Å²) in [6, 6.07) is 15.3. The molecule has 4 nitrogen and oxygen atoms in total. The molecule has 0 fully saturated rings. The van der Waals surface area contributed by atoms with Gasteiger partial charge in [-0.1, -0.05) is 35.9 Å². The molecule has 0 aliphatic rings. The standard InChI is InChI=1S/C19H21NO3/c1-15-7-10-17(11-8-15)23-14-13-20-19(21)12-9-16-5-3-4-6-18(16)22-2/h3-12H,13-14H2,1-2H3,(H,20,21)/b12-9+. The van der Waals surface area contributed by atoms with Crippen molar-refractivity contribution < 1.29 is 14.3 Å². The first-order valence-electron chi connectivity index (χ1n) is 7.47. The van der Waals surface area contributed by atoms with E-state index < -0.39 is 0 Å². The second kappa shape index (κ2) is 8.63. The minimum atomic E-state index is -0.164. The zero-order valence-corrected chi connectivity index (χ0v) is 13.4. The highest BCUT2D eigenvalue weighted by atomic mass is 16.5. The van der Waals surface area contributed by atoms with Crippen LogP contribution in [-0.4, -0.2) is 26.2 Å². The second-order valence-electron chi connectivity index (χ2n) is 5.03. The van der Waals surface area contributed by atoms with E-state index in [1.54, 1.807) is 13.2 Å². The van der Waals surface area contributed by atoms with Crippen LogP contribution in [0.1, 0.15) is 11.1 Å². The molecule has 0 spiro atoms. The summed E-state index contributed by atoms with van der Waals surface area (Å²) in [4.78, 5) is 11.8. The van der Waals surface area contributed by atoms with Crippen molar-refractivity contribution in [1.82, 2.24) is 5.32 Å². The predicted molar refractivity (Wildman–Crippen MR) is 91.7 cm³/mol. The molecule has 0 aromatic heterocycles. The SMILES string of the molecule is COc1ccccc1/C=C/C(=O)NCCOc1ccc(C)cc1. The molecular weight excluding hydrogens is 290 g/mol. The van der Waals surface area contributed by atoms with E-state index >= 15 is 0 Å². The molecule has 23 heavy (non-hydrogen) atoms. The molecule has 0 aliphatic heterocycles. The minimum absolute atomic E-state index is 0.164. The van der Waals surface area contributed by atoms with Crippen molar-refractivity contribution in [3.8, 4) is 11.5 Å². The lowest BCUT2D eigenvalue weighted by Gasteiger charge is -2.07. The molecule has 2 aromatic rings. The zero-order valence-electron chi connectivity index (χ0n) is 13.4. The lowest BCUT2D eigenvalue weighted by molar-refractivity contribution is -0.116. The first-order valence-corrected chi connectivity index (χ1v) is 7.47. The topological polar surface area (TPSA) is 47.6 Å². The van der Waals surface area contributed by atoms with Crippen molar-refractivity contribution in [3.63, 3.8) is 0 Å². The van der Waals surface area contributed by atoms with E-state index in [0.717, 1.165) is 17.1 Å². The summed E-state index contributed by atoms with van der Waals surface area (Å²) in [5.74, 6) is 1.37. The quantitative estimate of drug-likeness (QED) is 0.631. The maximum atomic E-state index is 11.8. The average molecular weight is 311 g/mol. The maximum absolute atomic E-state index is 11.8. The Morgan fingerprint density at radius 1 is 1.13 bits per heavy atom. The Morgan fingerprint density at radius 2 is 1.87 bits per heavy atom. The van der Waals surface area contributed by atoms with Gasteiger partial charge in [-0.3, -0.25) is 4.79 Å². The third-order valence-electron chi connectivity index (χ3n) is 3.24. The summed E-state index contributed by atoms with van der Waals surface area (Å²) in [5, 5.41) is 2.78. The van der Waals surface area contributed by atoms with Crippen molar-refractivity contribution in [2.75, 3.05) is 20.3 Å². The number of carbonyl (C=O) groups is 1. The molecular formula is C19H21NO3. The number of carbonyl (C=O) groups excluding carboxylic acids is 1. The highest BCUT2D eigenvalue weighted by molar-refractivity contribution is 5.92. The van der Waals surface area contributed by atoms with E-state index in [2.05, 4.69) is 5.32 Å². The predicted octanol–water partition coefficient (Wildman–Crippen LogP) is 3.21. The van der Waals surface area contributed by atoms with Crippen LogP contribution in [0.25, 0.3) is 6.08 Å². The Labute approximate surface area is 136 Å². The van der Waals surface area contributed by atoms with Gasteiger partial charge in [0, 0.05) is 11.6 Å². The first kappa shape index (κ1) is 16.6. The minimum Gasteiger partial charge on any atom is -0.496 e. The zero-order chi connectivity index (χ0) is 16.5. The van der Waals surface area contributed by atoms with E-state index in [1.165, 1.54) is 11.6 Å². The summed E-state index contributed by atoms with van der Waals surface area (Å²) in [5.41, 5.74) is 2.05. The lowest BCUT2D eigenvalue weighted by Crippen LogP contribution is -2.26. The van der Waals surface area contributed by atoms with Gasteiger partial charge in [-0.15, -0.1) is 0 Å². The van der Waals surface area contributed by atoms with Crippen LogP contribution in [0.4, 0.5) is 0 Å². The van der Waals surface area contributed by atoms with E-state index in [-0.39, 0.29) is 5.91 Å². The number of rotatable bonds is 7. The van der Waals surface area contributed by atoms with E-state index in [4.69, 9.17) is 9.47 Å². The fraction of sp³-hybridized carbons (Fsp3) is 0.211. The fourth-order valence-electron chi connectivity index (χ4n) is 2.01. The summed E-state index contributed by atoms with van der Waals surface area (Å²) < 4.78 is 10.8. The highest BCUT2D eigenvalue weighted by Crippen LogP contribution is 2.18. The molecule has 1 amide bonds. The van der Waals surface area contributed by atoms with Crippen LogP contribution in [-0.2, 0) is 4.79 Å². The van der Waals surface area contributed by atoms with Crippen LogP contribution < -0.4 is 14.8 Å². The van der Waals surface area contributed by atoms with Crippen molar-refractivity contribution in [1.29, 1.82) is 0 Å². The summed E-state index contributed by atoms with van der Waals surface area (Å²) >= 11 is 0. The molecule has 0 aliphatic carbocycles. The van der Waals surface area contributed by atoms with Crippen LogP contribution in [0.15, 0.2) is 54.6 Å². The lowest BCUT2D eigenvalue weighted by atomic mass is 10.2. The van der Waals surface area contributed by atoms with Gasteiger partial charge >= 0.3 is 0 Å². The maximum Gasteiger partial charge on any atom is 0.244 e. The van der Waals surface area contributed by atoms with Crippen molar-refractivity contribution in [3.05, 3.63) is 65.7 Å². The number of para-hydroxylation sites is 1. The Kier molecular flexibility index (Phi) is 6.24. The summed E-state index contributed by atoms with van der Waals surface area (Å²) in [6.45, 7) is 2.90. The number of methoxy groups -OCH3 is 1. The van der Waals surface area contributed by atoms with Gasteiger partial charge in [0.05, 0.1) is 13.7 Å². The first-order chi connectivity index (χ1) is 11.2. The number of ether oxygens (including phenoxy) is 2. The molecule has 0 radical (unpaired) electrons. The van der Waals surface area contributed by atoms with Crippen LogP contribution in [0.2, 0.25) is 0 Å². The normalized spacial score (nSPS) is 10.5. The third-order valence-corrected chi connectivity index (χ3v) is 3.24. The van der Waals surface area contributed by atoms with Gasteiger partial charge in [-0.25, -0.2) is 0 Å². The number of nitrogens with one attached hydrogen (secondary N) is 1. The molecule has 1 N–H and O–H groups in total. The van der Waals surface area contributed by atoms with Crippen molar-refractivity contribution in [2.45, 2.75) is 6.92 Å². The van der Waals surface area contributed by atoms with Gasteiger partial charge in [0.25, 0.3) is 0 Å². The molecule has 4 heteroatoms. The molecule has 0 saturated heterocycles. The third kappa shape index (κ3) is 5.51. The molecule has 2 rings (SSSR count). The van der Waals surface area contributed by atoms with Crippen LogP contribution in [0.3, 0.4) is 0 Å². The second-order valence-corrected chi connectivity index (χ2v) is 5.03. The van der Waals surface area contributed by atoms with Crippen molar-refractivity contribution in [2.24, 2.45) is 0 Å². The number of amides is 1. The number of aryl methyl sites for hydroxylation is 1.